The van der Waals surface area contributed by atoms with Crippen LogP contribution in [-0.2, 0) is 0 Å². The second-order valence-electron chi connectivity index (χ2n) is 13.4. The Labute approximate surface area is 307 Å². The van der Waals surface area contributed by atoms with Crippen molar-refractivity contribution in [3.8, 4) is 33.4 Å². The zero-order valence-corrected chi connectivity index (χ0v) is 29.2. The fourth-order valence-electron chi connectivity index (χ4n) is 7.61. The third kappa shape index (κ3) is 5.42. The summed E-state index contributed by atoms with van der Waals surface area (Å²) < 4.78 is 2.60. The summed E-state index contributed by atoms with van der Waals surface area (Å²) in [5, 5.41) is 7.61. The molecule has 0 fully saturated rings. The maximum atomic E-state index is 2.42. The Hall–Kier alpha value is -6.48. The highest BCUT2D eigenvalue weighted by molar-refractivity contribution is 7.25. The Kier molecular flexibility index (Phi) is 7.41. The molecule has 244 valence electrons. The van der Waals surface area contributed by atoms with Crippen molar-refractivity contribution in [2.24, 2.45) is 0 Å². The first kappa shape index (κ1) is 30.4. The van der Waals surface area contributed by atoms with E-state index < -0.39 is 0 Å². The molecule has 10 rings (SSSR count). The van der Waals surface area contributed by atoms with Gasteiger partial charge in [0.15, 0.2) is 0 Å². The topological polar surface area (TPSA) is 3.24 Å². The quantitative estimate of drug-likeness (QED) is 0.169. The molecule has 0 aliphatic rings. The molecular formula is C50H33NS. The highest BCUT2D eigenvalue weighted by atomic mass is 32.1. The highest BCUT2D eigenvalue weighted by Crippen LogP contribution is 2.44. The lowest BCUT2D eigenvalue weighted by atomic mass is 9.96. The second kappa shape index (κ2) is 12.7. The van der Waals surface area contributed by atoms with Crippen LogP contribution in [-0.4, -0.2) is 0 Å². The fourth-order valence-corrected chi connectivity index (χ4v) is 8.75. The molecule has 0 bridgehead atoms. The summed E-state index contributed by atoms with van der Waals surface area (Å²) >= 11 is 1.86. The summed E-state index contributed by atoms with van der Waals surface area (Å²) in [6.07, 6.45) is 0. The van der Waals surface area contributed by atoms with Crippen molar-refractivity contribution in [2.75, 3.05) is 4.90 Å². The molecule has 0 radical (unpaired) electrons. The van der Waals surface area contributed by atoms with E-state index >= 15 is 0 Å². The molecule has 0 aliphatic carbocycles. The van der Waals surface area contributed by atoms with Crippen molar-refractivity contribution in [1.29, 1.82) is 0 Å². The Morgan fingerprint density at radius 1 is 0.308 bits per heavy atom. The number of anilines is 3. The van der Waals surface area contributed by atoms with Crippen molar-refractivity contribution in [1.82, 2.24) is 0 Å². The molecule has 1 heterocycles. The summed E-state index contributed by atoms with van der Waals surface area (Å²) in [6, 6.07) is 73.0. The van der Waals surface area contributed by atoms with Gasteiger partial charge in [0.1, 0.15) is 0 Å². The molecule has 1 aromatic heterocycles. The first-order chi connectivity index (χ1) is 25.7. The van der Waals surface area contributed by atoms with Gasteiger partial charge in [0.25, 0.3) is 0 Å². The summed E-state index contributed by atoms with van der Waals surface area (Å²) in [4.78, 5) is 2.42. The summed E-state index contributed by atoms with van der Waals surface area (Å²) in [6.45, 7) is 0. The number of para-hydroxylation sites is 1. The monoisotopic (exact) mass is 679 g/mol. The molecular weight excluding hydrogens is 647 g/mol. The zero-order chi connectivity index (χ0) is 34.4. The second-order valence-corrected chi connectivity index (χ2v) is 14.5. The van der Waals surface area contributed by atoms with E-state index in [1.54, 1.807) is 0 Å². The summed E-state index contributed by atoms with van der Waals surface area (Å²) in [7, 11) is 0. The molecule has 0 amide bonds. The van der Waals surface area contributed by atoms with Crippen molar-refractivity contribution in [3.05, 3.63) is 200 Å². The number of nitrogens with zero attached hydrogens (tertiary/aromatic N) is 1. The molecule has 2 heteroatoms. The summed E-state index contributed by atoms with van der Waals surface area (Å²) in [5.41, 5.74) is 10.6. The maximum absolute atomic E-state index is 2.42. The minimum absolute atomic E-state index is 1.12. The zero-order valence-electron chi connectivity index (χ0n) is 28.4. The van der Waals surface area contributed by atoms with Crippen LogP contribution in [0.1, 0.15) is 0 Å². The first-order valence-corrected chi connectivity index (χ1v) is 18.6. The molecule has 0 unspecified atom stereocenters. The molecule has 9 aromatic carbocycles. The van der Waals surface area contributed by atoms with E-state index in [1.165, 1.54) is 75.1 Å². The predicted octanol–water partition coefficient (Wildman–Crippen LogP) is 14.8. The number of benzene rings is 9. The fraction of sp³-hybridized carbons (Fsp3) is 0. The average Bonchev–Trinajstić information content (AvgIpc) is 3.59. The maximum Gasteiger partial charge on any atom is 0.0540 e. The first-order valence-electron chi connectivity index (χ1n) is 17.7. The van der Waals surface area contributed by atoms with Crippen LogP contribution in [0, 0.1) is 0 Å². The van der Waals surface area contributed by atoms with Gasteiger partial charge < -0.3 is 4.90 Å². The number of thiophene rings is 1. The van der Waals surface area contributed by atoms with Gasteiger partial charge in [-0.05, 0) is 104 Å². The van der Waals surface area contributed by atoms with Crippen molar-refractivity contribution in [2.45, 2.75) is 0 Å². The van der Waals surface area contributed by atoms with Gasteiger partial charge >= 0.3 is 0 Å². The van der Waals surface area contributed by atoms with Gasteiger partial charge in [-0.1, -0.05) is 146 Å². The molecule has 0 spiro atoms. The van der Waals surface area contributed by atoms with Gasteiger partial charge in [0.05, 0.1) is 5.69 Å². The Bertz CT molecular complexity index is 2920. The number of hydrogen-bond donors (Lipinski definition) is 0. The van der Waals surface area contributed by atoms with Crippen LogP contribution in [0.25, 0.3) is 75.1 Å². The van der Waals surface area contributed by atoms with Gasteiger partial charge in [-0.3, -0.25) is 0 Å². The highest BCUT2D eigenvalue weighted by Gasteiger charge is 2.19. The minimum atomic E-state index is 1.12. The van der Waals surface area contributed by atoms with Crippen LogP contribution in [0.2, 0.25) is 0 Å². The third-order valence-electron chi connectivity index (χ3n) is 10.2. The van der Waals surface area contributed by atoms with Crippen molar-refractivity contribution >= 4 is 70.1 Å². The van der Waals surface area contributed by atoms with E-state index in [9.17, 15) is 0 Å². The standard InChI is InChI=1S/C50H33NS/c1-2-12-35(13-3-1)45-17-6-8-19-48(45)51(44-27-28-47-46-18-7-9-20-49(46)52-50(47)33-44)43-16-10-15-37(32-43)38-23-24-42-31-41(26-25-40(42)30-38)39-22-21-34-11-4-5-14-36(34)29-39/h1-33H. The molecule has 10 aromatic rings. The van der Waals surface area contributed by atoms with Gasteiger partial charge in [-0.2, -0.15) is 0 Å². The molecule has 0 atom stereocenters. The van der Waals surface area contributed by atoms with Gasteiger partial charge in [-0.25, -0.2) is 0 Å². The number of fused-ring (bicyclic) bond motifs is 5. The molecule has 0 N–H and O–H groups in total. The lowest BCUT2D eigenvalue weighted by Crippen LogP contribution is -2.11. The van der Waals surface area contributed by atoms with Crippen molar-refractivity contribution < 1.29 is 0 Å². The van der Waals surface area contributed by atoms with Crippen LogP contribution in [0.4, 0.5) is 17.1 Å². The van der Waals surface area contributed by atoms with Gasteiger partial charge in [0.2, 0.25) is 0 Å². The van der Waals surface area contributed by atoms with Crippen LogP contribution in [0.3, 0.4) is 0 Å². The molecule has 0 saturated heterocycles. The average molecular weight is 680 g/mol. The largest absolute Gasteiger partial charge is 0.310 e. The smallest absolute Gasteiger partial charge is 0.0540 e. The Morgan fingerprint density at radius 3 is 1.65 bits per heavy atom. The molecule has 52 heavy (non-hydrogen) atoms. The Morgan fingerprint density at radius 2 is 0.865 bits per heavy atom. The van der Waals surface area contributed by atoms with Gasteiger partial charge in [-0.15, -0.1) is 11.3 Å². The van der Waals surface area contributed by atoms with Gasteiger partial charge in [0, 0.05) is 37.1 Å². The van der Waals surface area contributed by atoms with E-state index in [1.807, 2.05) is 11.3 Å². The molecule has 1 nitrogen and oxygen atoms in total. The number of hydrogen-bond acceptors (Lipinski definition) is 2. The lowest BCUT2D eigenvalue weighted by Gasteiger charge is -2.28. The Balaban J connectivity index is 1.08. The molecule has 0 saturated carbocycles. The number of rotatable bonds is 6. The summed E-state index contributed by atoms with van der Waals surface area (Å²) in [5.74, 6) is 0. The van der Waals surface area contributed by atoms with E-state index in [-0.39, 0.29) is 0 Å². The van der Waals surface area contributed by atoms with Crippen LogP contribution >= 0.6 is 11.3 Å². The normalized spacial score (nSPS) is 11.5. The van der Waals surface area contributed by atoms with Crippen LogP contribution < -0.4 is 4.90 Å². The van der Waals surface area contributed by atoms with Crippen molar-refractivity contribution in [3.63, 3.8) is 0 Å². The lowest BCUT2D eigenvalue weighted by molar-refractivity contribution is 1.29. The SMILES string of the molecule is c1ccc(-c2ccccc2N(c2cccc(-c3ccc4cc(-c5ccc6ccccc6c5)ccc4c3)c2)c2ccc3c(c2)sc2ccccc23)cc1. The van der Waals surface area contributed by atoms with Crippen LogP contribution in [0.5, 0.6) is 0 Å². The third-order valence-corrected chi connectivity index (χ3v) is 11.3. The van der Waals surface area contributed by atoms with E-state index in [4.69, 9.17) is 0 Å². The van der Waals surface area contributed by atoms with Crippen LogP contribution in [0.15, 0.2) is 200 Å². The van der Waals surface area contributed by atoms with E-state index in [0.717, 1.165) is 17.1 Å². The minimum Gasteiger partial charge on any atom is -0.310 e. The van der Waals surface area contributed by atoms with E-state index in [2.05, 4.69) is 205 Å². The molecule has 0 aliphatic heterocycles. The predicted molar refractivity (Wildman–Crippen MR) is 225 cm³/mol. The van der Waals surface area contributed by atoms with E-state index in [0.29, 0.717) is 0 Å².